The maximum Gasteiger partial charge on any atom is 0.226 e. The Hall–Kier alpha value is -1.83. The van der Waals surface area contributed by atoms with E-state index in [0.29, 0.717) is 11.1 Å². The second-order valence-electron chi connectivity index (χ2n) is 5.93. The van der Waals surface area contributed by atoms with Crippen LogP contribution in [0.2, 0.25) is 10.0 Å². The van der Waals surface area contributed by atoms with E-state index in [1.165, 1.54) is 4.90 Å². The molecule has 0 aromatic heterocycles. The van der Waals surface area contributed by atoms with Crippen LogP contribution < -0.4 is 0 Å². The lowest BCUT2D eigenvalue weighted by Crippen LogP contribution is -2.39. The monoisotopic (exact) mass is 365 g/mol. The van der Waals surface area contributed by atoms with Gasteiger partial charge in [-0.15, -0.1) is 5.92 Å². The third kappa shape index (κ3) is 3.63. The normalized spacial score (nSPS) is 20.4. The number of amides is 1. The van der Waals surface area contributed by atoms with Crippen molar-refractivity contribution in [1.29, 1.82) is 0 Å². The Labute approximate surface area is 151 Å². The lowest BCUT2D eigenvalue weighted by atomic mass is 9.76. The zero-order chi connectivity index (χ0) is 18.0. The zero-order valence-corrected chi connectivity index (χ0v) is 15.2. The molecule has 6 heteroatoms. The van der Waals surface area contributed by atoms with Gasteiger partial charge in [-0.25, -0.2) is 0 Å². The van der Waals surface area contributed by atoms with Gasteiger partial charge in [0, 0.05) is 48.1 Å². The lowest BCUT2D eigenvalue weighted by molar-refractivity contribution is -0.143. The van der Waals surface area contributed by atoms with Gasteiger partial charge in [0.1, 0.15) is 17.5 Å². The summed E-state index contributed by atoms with van der Waals surface area (Å²) in [7, 11) is 3.20. The van der Waals surface area contributed by atoms with E-state index < -0.39 is 11.8 Å². The van der Waals surface area contributed by atoms with E-state index in [-0.39, 0.29) is 40.4 Å². The summed E-state index contributed by atoms with van der Waals surface area (Å²) in [6, 6.07) is 3.19. The van der Waals surface area contributed by atoms with Gasteiger partial charge in [-0.05, 0) is 19.1 Å². The predicted molar refractivity (Wildman–Crippen MR) is 93.2 cm³/mol. The van der Waals surface area contributed by atoms with Gasteiger partial charge in [0.05, 0.1) is 5.92 Å². The van der Waals surface area contributed by atoms with E-state index in [1.807, 2.05) is 0 Å². The highest BCUT2D eigenvalue weighted by Gasteiger charge is 2.41. The molecule has 126 valence electrons. The number of hydrogen-bond donors (Lipinski definition) is 0. The Balaban J connectivity index is 2.37. The summed E-state index contributed by atoms with van der Waals surface area (Å²) in [6.45, 7) is 1.69. The first-order valence-electron chi connectivity index (χ1n) is 7.44. The topological polar surface area (TPSA) is 54.5 Å². The smallest absolute Gasteiger partial charge is 0.226 e. The number of rotatable bonds is 2. The fourth-order valence-electron chi connectivity index (χ4n) is 2.91. The first-order chi connectivity index (χ1) is 11.3. The SMILES string of the molecule is CC#Cc1cc(Cl)c(C2C(=O)CC(C(=O)N(C)C)CC2=O)c(Cl)c1. The lowest BCUT2D eigenvalue weighted by Gasteiger charge is -2.28. The molecule has 1 amide bonds. The van der Waals surface area contributed by atoms with Crippen LogP contribution in [-0.2, 0) is 14.4 Å². The van der Waals surface area contributed by atoms with Gasteiger partial charge in [-0.3, -0.25) is 14.4 Å². The number of carbonyl (C=O) groups is 3. The van der Waals surface area contributed by atoms with Crippen LogP contribution >= 0.6 is 23.2 Å². The molecule has 0 saturated heterocycles. The molecule has 0 heterocycles. The van der Waals surface area contributed by atoms with Crippen LogP contribution in [0.4, 0.5) is 0 Å². The van der Waals surface area contributed by atoms with Crippen LogP contribution in [-0.4, -0.2) is 36.5 Å². The Bertz CT molecular complexity index is 733. The molecule has 1 aromatic carbocycles. The zero-order valence-electron chi connectivity index (χ0n) is 13.7. The largest absolute Gasteiger partial charge is 0.349 e. The highest BCUT2D eigenvalue weighted by Crippen LogP contribution is 2.39. The molecule has 2 rings (SSSR count). The molecule has 1 aliphatic carbocycles. The summed E-state index contributed by atoms with van der Waals surface area (Å²) in [5.74, 6) is 3.07. The van der Waals surface area contributed by atoms with E-state index in [0.717, 1.165) is 0 Å². The Morgan fingerprint density at radius 3 is 2.04 bits per heavy atom. The minimum absolute atomic E-state index is 0.0105. The Kier molecular flexibility index (Phi) is 5.69. The van der Waals surface area contributed by atoms with E-state index in [4.69, 9.17) is 23.2 Å². The average Bonchev–Trinajstić information content (AvgIpc) is 2.48. The third-order valence-electron chi connectivity index (χ3n) is 3.97. The number of hydrogen-bond acceptors (Lipinski definition) is 3. The Morgan fingerprint density at radius 2 is 1.62 bits per heavy atom. The molecule has 1 saturated carbocycles. The average molecular weight is 366 g/mol. The Morgan fingerprint density at radius 1 is 1.12 bits per heavy atom. The second kappa shape index (κ2) is 7.38. The van der Waals surface area contributed by atoms with Gasteiger partial charge < -0.3 is 4.90 Å². The second-order valence-corrected chi connectivity index (χ2v) is 6.75. The fraction of sp³-hybridized carbons (Fsp3) is 0.389. The van der Waals surface area contributed by atoms with Crippen molar-refractivity contribution in [1.82, 2.24) is 4.90 Å². The molecular formula is C18H17Cl2NO3. The first-order valence-corrected chi connectivity index (χ1v) is 8.20. The molecule has 1 aromatic rings. The van der Waals surface area contributed by atoms with Crippen LogP contribution in [0.1, 0.15) is 36.8 Å². The predicted octanol–water partition coefficient (Wildman–Crippen LogP) is 3.08. The number of halogens is 2. The van der Waals surface area contributed by atoms with Crippen molar-refractivity contribution in [2.75, 3.05) is 14.1 Å². The molecule has 4 nitrogen and oxygen atoms in total. The van der Waals surface area contributed by atoms with E-state index in [9.17, 15) is 14.4 Å². The van der Waals surface area contributed by atoms with Crippen LogP contribution in [0.5, 0.6) is 0 Å². The summed E-state index contributed by atoms with van der Waals surface area (Å²) < 4.78 is 0. The minimum Gasteiger partial charge on any atom is -0.349 e. The summed E-state index contributed by atoms with van der Waals surface area (Å²) in [6.07, 6.45) is 0.0210. The molecule has 0 aliphatic heterocycles. The van der Waals surface area contributed by atoms with Crippen molar-refractivity contribution in [3.05, 3.63) is 33.3 Å². The van der Waals surface area contributed by atoms with E-state index in [1.54, 1.807) is 33.2 Å². The van der Waals surface area contributed by atoms with Crippen molar-refractivity contribution in [3.63, 3.8) is 0 Å². The van der Waals surface area contributed by atoms with Gasteiger partial charge in [0.15, 0.2) is 0 Å². The van der Waals surface area contributed by atoms with Crippen LogP contribution in [0.25, 0.3) is 0 Å². The molecule has 0 atom stereocenters. The van der Waals surface area contributed by atoms with Crippen molar-refractivity contribution in [2.45, 2.75) is 25.7 Å². The number of ketones is 2. The highest BCUT2D eigenvalue weighted by molar-refractivity contribution is 6.37. The van der Waals surface area contributed by atoms with Crippen molar-refractivity contribution < 1.29 is 14.4 Å². The maximum absolute atomic E-state index is 12.5. The van der Waals surface area contributed by atoms with Crippen LogP contribution in [0.15, 0.2) is 12.1 Å². The van der Waals surface area contributed by atoms with Crippen molar-refractivity contribution >= 4 is 40.7 Å². The van der Waals surface area contributed by atoms with Crippen molar-refractivity contribution in [3.8, 4) is 11.8 Å². The van der Waals surface area contributed by atoms with Crippen LogP contribution in [0.3, 0.4) is 0 Å². The molecule has 0 bridgehead atoms. The summed E-state index contributed by atoms with van der Waals surface area (Å²) >= 11 is 12.5. The van der Waals surface area contributed by atoms with E-state index >= 15 is 0 Å². The molecule has 0 spiro atoms. The highest BCUT2D eigenvalue weighted by atomic mass is 35.5. The fourth-order valence-corrected chi connectivity index (χ4v) is 3.62. The molecule has 0 N–H and O–H groups in total. The number of Topliss-reactive ketones (excluding diaryl/α,β-unsaturated/α-hetero) is 2. The number of benzene rings is 1. The molecular weight excluding hydrogens is 349 g/mol. The molecule has 0 radical (unpaired) electrons. The maximum atomic E-state index is 12.5. The van der Waals surface area contributed by atoms with E-state index in [2.05, 4.69) is 11.8 Å². The number of nitrogens with zero attached hydrogens (tertiary/aromatic N) is 1. The third-order valence-corrected chi connectivity index (χ3v) is 4.59. The summed E-state index contributed by atoms with van der Waals surface area (Å²) in [5, 5.41) is 0.480. The van der Waals surface area contributed by atoms with Crippen molar-refractivity contribution in [2.24, 2.45) is 5.92 Å². The molecule has 1 aliphatic rings. The summed E-state index contributed by atoms with van der Waals surface area (Å²) in [4.78, 5) is 38.5. The van der Waals surface area contributed by atoms with Gasteiger partial charge in [-0.1, -0.05) is 29.1 Å². The van der Waals surface area contributed by atoms with Gasteiger partial charge in [-0.2, -0.15) is 0 Å². The van der Waals surface area contributed by atoms with Gasteiger partial charge >= 0.3 is 0 Å². The summed E-state index contributed by atoms with van der Waals surface area (Å²) in [5.41, 5.74) is 0.929. The van der Waals surface area contributed by atoms with Crippen LogP contribution in [0, 0.1) is 17.8 Å². The number of carbonyl (C=O) groups excluding carboxylic acids is 3. The molecule has 24 heavy (non-hydrogen) atoms. The minimum atomic E-state index is -1.01. The quantitative estimate of drug-likeness (QED) is 0.597. The molecule has 1 fully saturated rings. The standard InChI is InChI=1S/C18H17Cl2NO3/c1-4-5-10-6-12(19)16(13(20)7-10)17-14(22)8-11(9-15(17)23)18(24)21(2)3/h6-7,11,17H,8-9H2,1-3H3. The van der Waals surface area contributed by atoms with Gasteiger partial charge in [0.25, 0.3) is 0 Å². The molecule has 0 unspecified atom stereocenters. The first kappa shape index (κ1) is 18.5. The van der Waals surface area contributed by atoms with Gasteiger partial charge in [0.2, 0.25) is 5.91 Å².